The van der Waals surface area contributed by atoms with Crippen molar-refractivity contribution in [2.24, 2.45) is 7.05 Å². The molecule has 152 valence electrons. The molecule has 1 amide bonds. The van der Waals surface area contributed by atoms with Crippen molar-refractivity contribution in [1.29, 1.82) is 0 Å². The van der Waals surface area contributed by atoms with E-state index >= 15 is 0 Å². The lowest BCUT2D eigenvalue weighted by molar-refractivity contribution is 0.0949. The molecule has 0 aliphatic heterocycles. The van der Waals surface area contributed by atoms with Crippen LogP contribution in [-0.2, 0) is 13.5 Å². The molecule has 0 bridgehead atoms. The minimum Gasteiger partial charge on any atom is -0.505 e. The number of halogens is 3. The molecule has 3 aromatic rings. The molecule has 0 atom stereocenters. The van der Waals surface area contributed by atoms with E-state index in [1.807, 2.05) is 6.92 Å². The van der Waals surface area contributed by atoms with E-state index in [0.29, 0.717) is 30.7 Å². The fraction of sp³-hybridized carbons (Fsp3) is 0.250. The Morgan fingerprint density at radius 3 is 2.48 bits per heavy atom. The zero-order valence-corrected chi connectivity index (χ0v) is 15.7. The maximum atomic E-state index is 13.9. The van der Waals surface area contributed by atoms with Crippen molar-refractivity contribution in [3.05, 3.63) is 68.9 Å². The SMILES string of the molecule is CCCNC(=O)c1c(O)c2ncc(Cc3c(F)cc(F)cc3F)cc2n(C)c1=O. The summed E-state index contributed by atoms with van der Waals surface area (Å²) >= 11 is 0. The van der Waals surface area contributed by atoms with Gasteiger partial charge in [-0.1, -0.05) is 6.92 Å². The first-order valence-electron chi connectivity index (χ1n) is 8.86. The van der Waals surface area contributed by atoms with E-state index < -0.39 is 40.2 Å². The average molecular weight is 405 g/mol. The van der Waals surface area contributed by atoms with Gasteiger partial charge < -0.3 is 15.0 Å². The molecule has 0 spiro atoms. The molecule has 0 fully saturated rings. The van der Waals surface area contributed by atoms with Gasteiger partial charge in [-0.15, -0.1) is 0 Å². The summed E-state index contributed by atoms with van der Waals surface area (Å²) in [6.45, 7) is 2.18. The number of nitrogens with one attached hydrogen (secondary N) is 1. The first kappa shape index (κ1) is 20.4. The Labute approximate surface area is 163 Å². The second-order valence-electron chi connectivity index (χ2n) is 6.58. The van der Waals surface area contributed by atoms with Crippen LogP contribution in [0.5, 0.6) is 5.75 Å². The van der Waals surface area contributed by atoms with E-state index in [4.69, 9.17) is 0 Å². The highest BCUT2D eigenvalue weighted by Crippen LogP contribution is 2.26. The maximum absolute atomic E-state index is 13.9. The van der Waals surface area contributed by atoms with Crippen LogP contribution in [0.2, 0.25) is 0 Å². The van der Waals surface area contributed by atoms with Crippen molar-refractivity contribution >= 4 is 16.9 Å². The Morgan fingerprint density at radius 2 is 1.86 bits per heavy atom. The van der Waals surface area contributed by atoms with Gasteiger partial charge in [-0.25, -0.2) is 13.2 Å². The predicted octanol–water partition coefficient (Wildman–Crippen LogP) is 2.79. The van der Waals surface area contributed by atoms with Crippen LogP contribution < -0.4 is 10.9 Å². The van der Waals surface area contributed by atoms with Gasteiger partial charge in [0.25, 0.3) is 11.5 Å². The lowest BCUT2D eigenvalue weighted by Crippen LogP contribution is -2.33. The summed E-state index contributed by atoms with van der Waals surface area (Å²) in [7, 11) is 1.39. The maximum Gasteiger partial charge on any atom is 0.267 e. The van der Waals surface area contributed by atoms with E-state index in [-0.39, 0.29) is 23.0 Å². The highest BCUT2D eigenvalue weighted by molar-refractivity contribution is 6.01. The predicted molar refractivity (Wildman–Crippen MR) is 100 cm³/mol. The number of carbonyl (C=O) groups excluding carboxylic acids is 1. The molecule has 2 N–H and O–H groups in total. The third kappa shape index (κ3) is 3.80. The molecule has 6 nitrogen and oxygen atoms in total. The molecule has 1 aromatic carbocycles. The minimum atomic E-state index is -1.04. The van der Waals surface area contributed by atoms with Crippen LogP contribution in [0.4, 0.5) is 13.2 Å². The molecule has 0 unspecified atom stereocenters. The molecule has 0 aliphatic carbocycles. The summed E-state index contributed by atoms with van der Waals surface area (Å²) < 4.78 is 42.1. The van der Waals surface area contributed by atoms with Crippen LogP contribution in [0, 0.1) is 17.5 Å². The number of carbonyl (C=O) groups is 1. The summed E-state index contributed by atoms with van der Waals surface area (Å²) in [4.78, 5) is 28.9. The first-order chi connectivity index (χ1) is 13.7. The fourth-order valence-corrected chi connectivity index (χ4v) is 3.00. The standard InChI is InChI=1S/C20H18F3N3O3/c1-3-4-24-19(28)16-18(27)17-15(26(2)20(16)29)6-10(9-25-17)5-12-13(22)7-11(21)8-14(12)23/h6-9,27H,3-5H2,1-2H3,(H,24,28). The van der Waals surface area contributed by atoms with Gasteiger partial charge in [0.2, 0.25) is 0 Å². The van der Waals surface area contributed by atoms with E-state index in [0.717, 1.165) is 4.57 Å². The number of rotatable bonds is 5. The summed E-state index contributed by atoms with van der Waals surface area (Å²) in [5.41, 5.74) is -1.000. The third-order valence-electron chi connectivity index (χ3n) is 4.51. The number of benzene rings is 1. The normalized spacial score (nSPS) is 11.1. The van der Waals surface area contributed by atoms with Gasteiger partial charge in [-0.3, -0.25) is 14.6 Å². The van der Waals surface area contributed by atoms with E-state index in [9.17, 15) is 27.9 Å². The van der Waals surface area contributed by atoms with Crippen molar-refractivity contribution in [2.45, 2.75) is 19.8 Å². The van der Waals surface area contributed by atoms with Crippen LogP contribution >= 0.6 is 0 Å². The topological polar surface area (TPSA) is 84.2 Å². The largest absolute Gasteiger partial charge is 0.505 e. The Morgan fingerprint density at radius 1 is 1.21 bits per heavy atom. The molecule has 0 saturated heterocycles. The molecule has 9 heteroatoms. The summed E-state index contributed by atoms with van der Waals surface area (Å²) in [5.74, 6) is -4.39. The molecular formula is C20H18F3N3O3. The van der Waals surface area contributed by atoms with Gasteiger partial charge in [-0.2, -0.15) is 0 Å². The van der Waals surface area contributed by atoms with Gasteiger partial charge in [-0.05, 0) is 18.1 Å². The molecule has 3 rings (SSSR count). The molecule has 2 heterocycles. The number of amides is 1. The third-order valence-corrected chi connectivity index (χ3v) is 4.51. The monoisotopic (exact) mass is 405 g/mol. The van der Waals surface area contributed by atoms with Gasteiger partial charge in [0.05, 0.1) is 5.52 Å². The molecule has 2 aromatic heterocycles. The van der Waals surface area contributed by atoms with Gasteiger partial charge in [0.1, 0.15) is 28.5 Å². The number of hydrogen-bond donors (Lipinski definition) is 2. The lowest BCUT2D eigenvalue weighted by atomic mass is 10.0. The second kappa shape index (κ2) is 7.94. The van der Waals surface area contributed by atoms with Crippen molar-refractivity contribution in [2.75, 3.05) is 6.54 Å². The number of pyridine rings is 2. The van der Waals surface area contributed by atoms with Gasteiger partial charge >= 0.3 is 0 Å². The van der Waals surface area contributed by atoms with E-state index in [2.05, 4.69) is 10.3 Å². The van der Waals surface area contributed by atoms with Crippen LogP contribution in [0.3, 0.4) is 0 Å². The molecule has 0 radical (unpaired) electrons. The second-order valence-corrected chi connectivity index (χ2v) is 6.58. The van der Waals surface area contributed by atoms with Crippen molar-refractivity contribution in [1.82, 2.24) is 14.9 Å². The Bertz CT molecular complexity index is 1150. The number of hydrogen-bond acceptors (Lipinski definition) is 4. The summed E-state index contributed by atoms with van der Waals surface area (Å²) in [6, 6.07) is 2.59. The van der Waals surface area contributed by atoms with Crippen molar-refractivity contribution in [3.8, 4) is 5.75 Å². The lowest BCUT2D eigenvalue weighted by Gasteiger charge is -2.13. The van der Waals surface area contributed by atoms with Crippen molar-refractivity contribution in [3.63, 3.8) is 0 Å². The molecule has 29 heavy (non-hydrogen) atoms. The average Bonchev–Trinajstić information content (AvgIpc) is 2.67. The fourth-order valence-electron chi connectivity index (χ4n) is 3.00. The number of nitrogens with zero attached hydrogens (tertiary/aromatic N) is 2. The van der Waals surface area contributed by atoms with Crippen LogP contribution in [0.15, 0.2) is 29.2 Å². The summed E-state index contributed by atoms with van der Waals surface area (Å²) in [6.07, 6.45) is 1.68. The zero-order valence-electron chi connectivity index (χ0n) is 15.7. The molecular weight excluding hydrogens is 387 g/mol. The number of fused-ring (bicyclic) bond motifs is 1. The number of aromatic nitrogens is 2. The Balaban J connectivity index is 2.09. The smallest absolute Gasteiger partial charge is 0.267 e. The van der Waals surface area contributed by atoms with Gasteiger partial charge in [0, 0.05) is 43.9 Å². The van der Waals surface area contributed by atoms with E-state index in [1.165, 1.54) is 19.3 Å². The van der Waals surface area contributed by atoms with Crippen LogP contribution in [0.25, 0.3) is 11.0 Å². The number of aromatic hydroxyl groups is 1. The van der Waals surface area contributed by atoms with Crippen LogP contribution in [0.1, 0.15) is 34.8 Å². The highest BCUT2D eigenvalue weighted by atomic mass is 19.1. The van der Waals surface area contributed by atoms with Crippen molar-refractivity contribution < 1.29 is 23.1 Å². The minimum absolute atomic E-state index is 0.00227. The number of aryl methyl sites for hydroxylation is 1. The molecule has 0 saturated carbocycles. The highest BCUT2D eigenvalue weighted by Gasteiger charge is 2.22. The zero-order chi connectivity index (χ0) is 21.3. The van der Waals surface area contributed by atoms with Gasteiger partial charge in [0.15, 0.2) is 5.75 Å². The quantitative estimate of drug-likeness (QED) is 0.684. The van der Waals surface area contributed by atoms with E-state index in [1.54, 1.807) is 0 Å². The Kier molecular flexibility index (Phi) is 5.58. The Hall–Kier alpha value is -3.36. The van der Waals surface area contributed by atoms with Crippen LogP contribution in [-0.4, -0.2) is 27.1 Å². The molecule has 0 aliphatic rings. The first-order valence-corrected chi connectivity index (χ1v) is 8.86. The summed E-state index contributed by atoms with van der Waals surface area (Å²) in [5, 5.41) is 13.0.